The summed E-state index contributed by atoms with van der Waals surface area (Å²) in [4.78, 5) is 1.37. The fraction of sp³-hybridized carbons (Fsp3) is 0.600. The highest BCUT2D eigenvalue weighted by Crippen LogP contribution is 2.43. The number of thioether (sulfide) groups is 2. The number of hydrogen-bond acceptors (Lipinski definition) is 4. The maximum Gasteiger partial charge on any atom is 0.0791 e. The highest BCUT2D eigenvalue weighted by molar-refractivity contribution is 8.00. The van der Waals surface area contributed by atoms with Gasteiger partial charge in [0.05, 0.1) is 5.60 Å². The van der Waals surface area contributed by atoms with Crippen LogP contribution in [0.3, 0.4) is 0 Å². The molecule has 2 atom stereocenters. The van der Waals surface area contributed by atoms with Gasteiger partial charge in [-0.15, -0.1) is 11.8 Å². The molecule has 2 aliphatic rings. The molecule has 0 aliphatic carbocycles. The summed E-state index contributed by atoms with van der Waals surface area (Å²) in [7, 11) is 0. The van der Waals surface area contributed by atoms with Gasteiger partial charge < -0.3 is 10.5 Å². The quantitative estimate of drug-likeness (QED) is 0.928. The van der Waals surface area contributed by atoms with Crippen LogP contribution in [0, 0.1) is 0 Å². The summed E-state index contributed by atoms with van der Waals surface area (Å²) in [6.07, 6.45) is 3.62. The van der Waals surface area contributed by atoms with Crippen molar-refractivity contribution in [2.45, 2.75) is 41.6 Å². The van der Waals surface area contributed by atoms with E-state index in [0.717, 1.165) is 6.61 Å². The van der Waals surface area contributed by atoms with Crippen LogP contribution in [0.25, 0.3) is 0 Å². The van der Waals surface area contributed by atoms with Crippen LogP contribution in [0.4, 0.5) is 0 Å². The summed E-state index contributed by atoms with van der Waals surface area (Å²) in [6.45, 7) is 1.56. The number of hydrogen-bond donors (Lipinski definition) is 1. The lowest BCUT2D eigenvalue weighted by Gasteiger charge is -2.37. The third kappa shape index (κ3) is 3.30. The second kappa shape index (κ2) is 6.08. The Kier molecular flexibility index (Phi) is 4.42. The molecule has 2 saturated heterocycles. The summed E-state index contributed by atoms with van der Waals surface area (Å²) in [5, 5.41) is 0.705. The van der Waals surface area contributed by atoms with Crippen LogP contribution in [0.5, 0.6) is 0 Å². The van der Waals surface area contributed by atoms with E-state index in [1.54, 1.807) is 0 Å². The molecule has 1 aromatic carbocycles. The van der Waals surface area contributed by atoms with E-state index in [2.05, 4.69) is 24.3 Å². The molecule has 1 spiro atoms. The largest absolute Gasteiger partial charge is 0.374 e. The average Bonchev–Trinajstić information content (AvgIpc) is 2.88. The van der Waals surface area contributed by atoms with Gasteiger partial charge in [0, 0.05) is 29.0 Å². The lowest BCUT2D eigenvalue weighted by molar-refractivity contribution is -0.0562. The molecule has 2 nitrogen and oxygen atoms in total. The molecule has 0 aromatic heterocycles. The number of nitrogens with two attached hydrogens (primary N) is 1. The maximum atomic E-state index is 6.08. The molecule has 0 saturated carbocycles. The first kappa shape index (κ1) is 13.8. The number of ether oxygens (including phenoxy) is 1. The maximum absolute atomic E-state index is 6.08. The van der Waals surface area contributed by atoms with Crippen molar-refractivity contribution in [3.63, 3.8) is 0 Å². The Balaban J connectivity index is 1.62. The molecule has 104 valence electrons. The van der Waals surface area contributed by atoms with Gasteiger partial charge in [-0.3, -0.25) is 0 Å². The summed E-state index contributed by atoms with van der Waals surface area (Å²) in [5.74, 6) is 2.46. The van der Waals surface area contributed by atoms with E-state index < -0.39 is 0 Å². The summed E-state index contributed by atoms with van der Waals surface area (Å²) in [5.41, 5.74) is 7.04. The van der Waals surface area contributed by atoms with Crippen molar-refractivity contribution >= 4 is 23.5 Å². The fourth-order valence-electron chi connectivity index (χ4n) is 2.84. The van der Waals surface area contributed by atoms with Crippen LogP contribution in [0.15, 0.2) is 29.2 Å². The van der Waals surface area contributed by atoms with Crippen molar-refractivity contribution in [1.29, 1.82) is 0 Å². The van der Waals surface area contributed by atoms with Crippen LogP contribution < -0.4 is 5.73 Å². The zero-order valence-electron chi connectivity index (χ0n) is 11.1. The van der Waals surface area contributed by atoms with Crippen LogP contribution in [0.1, 0.15) is 24.8 Å². The minimum atomic E-state index is 0.192. The predicted octanol–water partition coefficient (Wildman–Crippen LogP) is 3.29. The van der Waals surface area contributed by atoms with Crippen molar-refractivity contribution in [3.05, 3.63) is 29.8 Å². The number of rotatable bonds is 3. The van der Waals surface area contributed by atoms with Gasteiger partial charge in [0.15, 0.2) is 0 Å². The van der Waals surface area contributed by atoms with Gasteiger partial charge in [-0.2, -0.15) is 11.8 Å². The topological polar surface area (TPSA) is 35.2 Å². The molecule has 1 aromatic rings. The Bertz CT molecular complexity index is 415. The third-order valence-electron chi connectivity index (χ3n) is 3.98. The first-order chi connectivity index (χ1) is 9.30. The third-order valence-corrected chi connectivity index (χ3v) is 6.48. The summed E-state index contributed by atoms with van der Waals surface area (Å²) < 4.78 is 6.08. The van der Waals surface area contributed by atoms with Crippen molar-refractivity contribution in [2.75, 3.05) is 18.1 Å². The molecular weight excluding hydrogens is 274 g/mol. The molecule has 2 heterocycles. The molecule has 2 fully saturated rings. The molecule has 3 rings (SSSR count). The van der Waals surface area contributed by atoms with Crippen LogP contribution in [0.2, 0.25) is 0 Å². The van der Waals surface area contributed by atoms with Gasteiger partial charge in [0.2, 0.25) is 0 Å². The van der Waals surface area contributed by atoms with Crippen LogP contribution in [-0.4, -0.2) is 29.0 Å². The van der Waals surface area contributed by atoms with Gasteiger partial charge >= 0.3 is 0 Å². The average molecular weight is 295 g/mol. The Morgan fingerprint density at radius 2 is 2.21 bits per heavy atom. The molecule has 0 amide bonds. The number of benzene rings is 1. The van der Waals surface area contributed by atoms with E-state index in [9.17, 15) is 0 Å². The molecule has 2 aliphatic heterocycles. The minimum absolute atomic E-state index is 0.192. The van der Waals surface area contributed by atoms with Gasteiger partial charge in [-0.05, 0) is 42.7 Å². The van der Waals surface area contributed by atoms with E-state index in [1.165, 1.54) is 41.2 Å². The SMILES string of the molecule is NCc1ccc(SC2CCOC3(CCSC3)C2)cc1. The van der Waals surface area contributed by atoms with E-state index in [0.29, 0.717) is 11.8 Å². The first-order valence-electron chi connectivity index (χ1n) is 6.97. The Labute approximate surface area is 123 Å². The fourth-order valence-corrected chi connectivity index (χ4v) is 5.50. The van der Waals surface area contributed by atoms with Gasteiger partial charge in [0.1, 0.15) is 0 Å². The van der Waals surface area contributed by atoms with E-state index in [1.807, 2.05) is 23.5 Å². The normalized spacial score (nSPS) is 30.9. The lowest BCUT2D eigenvalue weighted by Crippen LogP contribution is -2.40. The first-order valence-corrected chi connectivity index (χ1v) is 9.00. The highest BCUT2D eigenvalue weighted by atomic mass is 32.2. The van der Waals surface area contributed by atoms with Gasteiger partial charge in [0.25, 0.3) is 0 Å². The molecule has 0 bridgehead atoms. The van der Waals surface area contributed by atoms with Gasteiger partial charge in [-0.25, -0.2) is 0 Å². The van der Waals surface area contributed by atoms with Crippen molar-refractivity contribution in [2.24, 2.45) is 5.73 Å². The summed E-state index contributed by atoms with van der Waals surface area (Å²) in [6, 6.07) is 8.70. The second-order valence-electron chi connectivity index (χ2n) is 5.41. The summed E-state index contributed by atoms with van der Waals surface area (Å²) >= 11 is 4.06. The van der Waals surface area contributed by atoms with Crippen molar-refractivity contribution in [3.8, 4) is 0 Å². The van der Waals surface area contributed by atoms with E-state index >= 15 is 0 Å². The molecule has 19 heavy (non-hydrogen) atoms. The highest BCUT2D eigenvalue weighted by Gasteiger charge is 2.40. The van der Waals surface area contributed by atoms with Crippen molar-refractivity contribution < 1.29 is 4.74 Å². The van der Waals surface area contributed by atoms with Gasteiger partial charge in [-0.1, -0.05) is 12.1 Å². The zero-order valence-corrected chi connectivity index (χ0v) is 12.8. The molecular formula is C15H21NOS2. The molecule has 4 heteroatoms. The van der Waals surface area contributed by atoms with E-state index in [4.69, 9.17) is 10.5 Å². The Morgan fingerprint density at radius 3 is 2.89 bits per heavy atom. The predicted molar refractivity (Wildman–Crippen MR) is 83.8 cm³/mol. The molecule has 2 N–H and O–H groups in total. The molecule has 2 unspecified atom stereocenters. The van der Waals surface area contributed by atoms with Crippen LogP contribution >= 0.6 is 23.5 Å². The zero-order chi connectivity index (χ0) is 13.1. The smallest absolute Gasteiger partial charge is 0.0791 e. The van der Waals surface area contributed by atoms with Crippen LogP contribution in [-0.2, 0) is 11.3 Å². The monoisotopic (exact) mass is 295 g/mol. The van der Waals surface area contributed by atoms with Crippen molar-refractivity contribution in [1.82, 2.24) is 0 Å². The Morgan fingerprint density at radius 1 is 1.37 bits per heavy atom. The second-order valence-corrected chi connectivity index (χ2v) is 7.89. The Hall–Kier alpha value is -0.160. The lowest BCUT2D eigenvalue weighted by atomic mass is 9.93. The standard InChI is InChI=1S/C15H21NOS2/c16-10-12-1-3-13(4-2-12)19-14-5-7-17-15(9-14)6-8-18-11-15/h1-4,14H,5-11,16H2. The van der Waals surface area contributed by atoms with E-state index in [-0.39, 0.29) is 5.60 Å². The minimum Gasteiger partial charge on any atom is -0.374 e. The molecule has 0 radical (unpaired) electrons.